The van der Waals surface area contributed by atoms with Gasteiger partial charge in [-0.15, -0.1) is 0 Å². The quantitative estimate of drug-likeness (QED) is 0.587. The largest absolute Gasteiger partial charge is 0.460 e. The zero-order valence-corrected chi connectivity index (χ0v) is 12.5. The lowest BCUT2D eigenvalue weighted by atomic mass is 10.1. The van der Waals surface area contributed by atoms with Gasteiger partial charge in [-0.3, -0.25) is 4.79 Å². The first kappa shape index (κ1) is 15.0. The van der Waals surface area contributed by atoms with E-state index in [4.69, 9.17) is 4.42 Å². The van der Waals surface area contributed by atoms with Gasteiger partial charge in [0.05, 0.1) is 6.21 Å². The SMILES string of the molecule is CCc1oc2ccccc2c1/C=N\NC(=O)c1ccc(F)cc1. The molecule has 0 atom stereocenters. The molecule has 1 amide bonds. The number of halogens is 1. The van der Waals surface area contributed by atoms with Gasteiger partial charge in [0.25, 0.3) is 5.91 Å². The fourth-order valence-electron chi connectivity index (χ4n) is 2.34. The fourth-order valence-corrected chi connectivity index (χ4v) is 2.34. The molecule has 3 aromatic rings. The Morgan fingerprint density at radius 2 is 1.96 bits per heavy atom. The monoisotopic (exact) mass is 310 g/mol. The molecule has 2 aromatic carbocycles. The smallest absolute Gasteiger partial charge is 0.271 e. The van der Waals surface area contributed by atoms with Crippen LogP contribution in [0.1, 0.15) is 28.6 Å². The number of amides is 1. The Kier molecular flexibility index (Phi) is 4.19. The number of carbonyl (C=O) groups excluding carboxylic acids is 1. The zero-order chi connectivity index (χ0) is 16.2. The van der Waals surface area contributed by atoms with Gasteiger partial charge in [-0.1, -0.05) is 25.1 Å². The first-order chi connectivity index (χ1) is 11.2. The number of furan rings is 1. The topological polar surface area (TPSA) is 54.6 Å². The fraction of sp³-hybridized carbons (Fsp3) is 0.111. The maximum atomic E-state index is 12.8. The van der Waals surface area contributed by atoms with E-state index in [9.17, 15) is 9.18 Å². The summed E-state index contributed by atoms with van der Waals surface area (Å²) in [7, 11) is 0. The molecule has 1 aromatic heterocycles. The molecule has 3 rings (SSSR count). The van der Waals surface area contributed by atoms with Crippen molar-refractivity contribution in [2.24, 2.45) is 5.10 Å². The molecule has 5 heteroatoms. The molecule has 0 aliphatic rings. The van der Waals surface area contributed by atoms with Crippen molar-refractivity contribution in [1.29, 1.82) is 0 Å². The van der Waals surface area contributed by atoms with Gasteiger partial charge in [-0.05, 0) is 30.3 Å². The number of hydrogen-bond acceptors (Lipinski definition) is 3. The minimum absolute atomic E-state index is 0.344. The highest BCUT2D eigenvalue weighted by molar-refractivity contribution is 6.00. The van der Waals surface area contributed by atoms with Crippen LogP contribution in [0.25, 0.3) is 11.0 Å². The van der Waals surface area contributed by atoms with Crippen molar-refractivity contribution in [2.45, 2.75) is 13.3 Å². The number of nitrogens with one attached hydrogen (secondary N) is 1. The van der Waals surface area contributed by atoms with Gasteiger partial charge in [0, 0.05) is 22.9 Å². The number of carbonyl (C=O) groups is 1. The molecule has 1 N–H and O–H groups in total. The van der Waals surface area contributed by atoms with Crippen molar-refractivity contribution in [3.05, 3.63) is 71.2 Å². The Labute approximate surface area is 132 Å². The minimum Gasteiger partial charge on any atom is -0.460 e. The molecular formula is C18H15FN2O2. The van der Waals surface area contributed by atoms with Crippen molar-refractivity contribution < 1.29 is 13.6 Å². The number of fused-ring (bicyclic) bond motifs is 1. The normalized spacial score (nSPS) is 11.2. The molecular weight excluding hydrogens is 295 g/mol. The lowest BCUT2D eigenvalue weighted by molar-refractivity contribution is 0.0955. The summed E-state index contributed by atoms with van der Waals surface area (Å²) in [5.41, 5.74) is 4.42. The summed E-state index contributed by atoms with van der Waals surface area (Å²) in [5, 5.41) is 4.94. The maximum absolute atomic E-state index is 12.8. The van der Waals surface area contributed by atoms with Crippen LogP contribution in [0.4, 0.5) is 4.39 Å². The molecule has 0 radical (unpaired) electrons. The summed E-state index contributed by atoms with van der Waals surface area (Å²) >= 11 is 0. The molecule has 0 aliphatic heterocycles. The van der Waals surface area contributed by atoms with Crippen LogP contribution >= 0.6 is 0 Å². The van der Waals surface area contributed by atoms with Crippen LogP contribution < -0.4 is 5.43 Å². The van der Waals surface area contributed by atoms with Gasteiger partial charge in [0.2, 0.25) is 0 Å². The number of nitrogens with zero attached hydrogens (tertiary/aromatic N) is 1. The third kappa shape index (κ3) is 3.13. The number of rotatable bonds is 4. The first-order valence-corrected chi connectivity index (χ1v) is 7.28. The first-order valence-electron chi connectivity index (χ1n) is 7.28. The van der Waals surface area contributed by atoms with Gasteiger partial charge in [-0.25, -0.2) is 9.82 Å². The third-order valence-corrected chi connectivity index (χ3v) is 3.50. The molecule has 0 unspecified atom stereocenters. The van der Waals surface area contributed by atoms with Crippen molar-refractivity contribution in [2.75, 3.05) is 0 Å². The third-order valence-electron chi connectivity index (χ3n) is 3.50. The zero-order valence-electron chi connectivity index (χ0n) is 12.5. The van der Waals surface area contributed by atoms with Crippen LogP contribution in [0, 0.1) is 5.82 Å². The molecule has 0 spiro atoms. The predicted octanol–water partition coefficient (Wildman–Crippen LogP) is 3.90. The summed E-state index contributed by atoms with van der Waals surface area (Å²) in [6.45, 7) is 1.99. The van der Waals surface area contributed by atoms with Gasteiger partial charge < -0.3 is 4.42 Å². The molecule has 0 fully saturated rings. The second-order valence-corrected chi connectivity index (χ2v) is 4.99. The summed E-state index contributed by atoms with van der Waals surface area (Å²) in [6, 6.07) is 12.9. The van der Waals surface area contributed by atoms with Crippen molar-refractivity contribution in [3.8, 4) is 0 Å². The number of hydrazone groups is 1. The number of para-hydroxylation sites is 1. The van der Waals surface area contributed by atoms with Gasteiger partial charge in [-0.2, -0.15) is 5.10 Å². The summed E-state index contributed by atoms with van der Waals surface area (Å²) in [4.78, 5) is 11.9. The summed E-state index contributed by atoms with van der Waals surface area (Å²) < 4.78 is 18.6. The Balaban J connectivity index is 1.80. The van der Waals surface area contributed by atoms with Gasteiger partial charge in [0.1, 0.15) is 17.2 Å². The van der Waals surface area contributed by atoms with E-state index in [0.29, 0.717) is 5.56 Å². The molecule has 23 heavy (non-hydrogen) atoms. The second kappa shape index (κ2) is 6.44. The van der Waals surface area contributed by atoms with Gasteiger partial charge in [0.15, 0.2) is 0 Å². The highest BCUT2D eigenvalue weighted by atomic mass is 19.1. The van der Waals surface area contributed by atoms with Crippen molar-refractivity contribution in [1.82, 2.24) is 5.43 Å². The highest BCUT2D eigenvalue weighted by Crippen LogP contribution is 2.24. The van der Waals surface area contributed by atoms with E-state index in [1.165, 1.54) is 24.3 Å². The number of hydrogen-bond donors (Lipinski definition) is 1. The van der Waals surface area contributed by atoms with Crippen LogP contribution in [0.3, 0.4) is 0 Å². The van der Waals surface area contributed by atoms with Crippen LogP contribution in [-0.2, 0) is 6.42 Å². The van der Waals surface area contributed by atoms with Crippen LogP contribution in [0.15, 0.2) is 58.0 Å². The Hall–Kier alpha value is -2.95. The van der Waals surface area contributed by atoms with E-state index >= 15 is 0 Å². The van der Waals surface area contributed by atoms with Crippen LogP contribution in [-0.4, -0.2) is 12.1 Å². The van der Waals surface area contributed by atoms with E-state index in [2.05, 4.69) is 10.5 Å². The minimum atomic E-state index is -0.396. The molecule has 0 aliphatic carbocycles. The van der Waals surface area contributed by atoms with Crippen LogP contribution in [0.2, 0.25) is 0 Å². The molecule has 1 heterocycles. The van der Waals surface area contributed by atoms with E-state index in [-0.39, 0.29) is 5.82 Å². The molecule has 4 nitrogen and oxygen atoms in total. The molecule has 0 saturated heterocycles. The Morgan fingerprint density at radius 3 is 2.70 bits per heavy atom. The lowest BCUT2D eigenvalue weighted by Crippen LogP contribution is -2.17. The van der Waals surface area contributed by atoms with Crippen molar-refractivity contribution >= 4 is 23.1 Å². The number of benzene rings is 2. The van der Waals surface area contributed by atoms with E-state index in [1.54, 1.807) is 6.21 Å². The Bertz CT molecular complexity index is 866. The standard InChI is InChI=1S/C18H15FN2O2/c1-2-16-15(14-5-3-4-6-17(14)23-16)11-20-21-18(22)12-7-9-13(19)10-8-12/h3-11H,2H2,1H3,(H,21,22)/b20-11-. The molecule has 0 bridgehead atoms. The van der Waals surface area contributed by atoms with Gasteiger partial charge >= 0.3 is 0 Å². The number of aryl methyl sites for hydroxylation is 1. The van der Waals surface area contributed by atoms with Crippen molar-refractivity contribution in [3.63, 3.8) is 0 Å². The Morgan fingerprint density at radius 1 is 1.22 bits per heavy atom. The second-order valence-electron chi connectivity index (χ2n) is 4.99. The molecule has 116 valence electrons. The maximum Gasteiger partial charge on any atom is 0.271 e. The van der Waals surface area contributed by atoms with E-state index < -0.39 is 5.91 Å². The molecule has 0 saturated carbocycles. The predicted molar refractivity (Wildman–Crippen MR) is 87.1 cm³/mol. The van der Waals surface area contributed by atoms with E-state index in [0.717, 1.165) is 28.7 Å². The summed E-state index contributed by atoms with van der Waals surface area (Å²) in [5.74, 6) is 0.0283. The average molecular weight is 310 g/mol. The average Bonchev–Trinajstić information content (AvgIpc) is 2.93. The van der Waals surface area contributed by atoms with Crippen LogP contribution in [0.5, 0.6) is 0 Å². The summed E-state index contributed by atoms with van der Waals surface area (Å²) in [6.07, 6.45) is 2.30. The highest BCUT2D eigenvalue weighted by Gasteiger charge is 2.10. The lowest BCUT2D eigenvalue weighted by Gasteiger charge is -1.99. The van der Waals surface area contributed by atoms with E-state index in [1.807, 2.05) is 31.2 Å².